The first kappa shape index (κ1) is 14.1. The monoisotopic (exact) mass is 265 g/mol. The molecule has 0 atom stereocenters. The van der Waals surface area contributed by atoms with Gasteiger partial charge in [-0.15, -0.1) is 0 Å². The molecule has 1 fully saturated rings. The molecule has 0 unspecified atom stereocenters. The molecule has 1 aromatic rings. The molecular formula is C14H23N3O2. The molecule has 1 N–H and O–H groups in total. The minimum Gasteiger partial charge on any atom is -0.338 e. The smallest absolute Gasteiger partial charge is 0.240 e. The second-order valence-corrected chi connectivity index (χ2v) is 5.24. The molecule has 0 aliphatic heterocycles. The van der Waals surface area contributed by atoms with Crippen LogP contribution in [0.5, 0.6) is 0 Å². The number of aromatic nitrogens is 1. The minimum absolute atomic E-state index is 0.0245. The molecule has 0 saturated heterocycles. The van der Waals surface area contributed by atoms with Gasteiger partial charge in [0, 0.05) is 12.1 Å². The second kappa shape index (κ2) is 6.70. The Balaban J connectivity index is 1.85. The van der Waals surface area contributed by atoms with Crippen LogP contribution in [0, 0.1) is 6.92 Å². The number of anilines is 1. The summed E-state index contributed by atoms with van der Waals surface area (Å²) in [6, 6.07) is 2.29. The van der Waals surface area contributed by atoms with Crippen molar-refractivity contribution in [3.63, 3.8) is 0 Å². The van der Waals surface area contributed by atoms with Gasteiger partial charge in [0.1, 0.15) is 0 Å². The number of carbonyl (C=O) groups excluding carboxylic acids is 1. The zero-order valence-corrected chi connectivity index (χ0v) is 11.8. The quantitative estimate of drug-likeness (QED) is 0.889. The number of nitrogens with one attached hydrogen (secondary N) is 1. The normalized spacial score (nSPS) is 16.8. The summed E-state index contributed by atoms with van der Waals surface area (Å²) < 4.78 is 5.00. The van der Waals surface area contributed by atoms with Crippen molar-refractivity contribution in [2.24, 2.45) is 0 Å². The molecule has 1 aromatic heterocycles. The Kier molecular flexibility index (Phi) is 4.96. The minimum atomic E-state index is -0.0245. The summed E-state index contributed by atoms with van der Waals surface area (Å²) in [6.07, 6.45) is 6.32. The summed E-state index contributed by atoms with van der Waals surface area (Å²) in [5.41, 5.74) is 0.773. The molecule has 19 heavy (non-hydrogen) atoms. The fraction of sp³-hybridized carbons (Fsp3) is 0.714. The van der Waals surface area contributed by atoms with E-state index < -0.39 is 0 Å². The maximum atomic E-state index is 12.0. The lowest BCUT2D eigenvalue weighted by molar-refractivity contribution is -0.118. The van der Waals surface area contributed by atoms with Gasteiger partial charge < -0.3 is 4.52 Å². The van der Waals surface area contributed by atoms with E-state index in [4.69, 9.17) is 4.52 Å². The van der Waals surface area contributed by atoms with Crippen molar-refractivity contribution in [3.8, 4) is 0 Å². The highest BCUT2D eigenvalue weighted by Crippen LogP contribution is 2.22. The van der Waals surface area contributed by atoms with E-state index in [1.807, 2.05) is 6.92 Å². The average molecular weight is 265 g/mol. The van der Waals surface area contributed by atoms with E-state index in [1.165, 1.54) is 32.1 Å². The number of rotatable bonds is 5. The molecule has 1 amide bonds. The Hall–Kier alpha value is -1.36. The van der Waals surface area contributed by atoms with Gasteiger partial charge in [-0.3, -0.25) is 15.0 Å². The fourth-order valence-corrected chi connectivity index (χ4v) is 2.73. The van der Waals surface area contributed by atoms with Crippen molar-refractivity contribution in [3.05, 3.63) is 11.8 Å². The molecule has 1 saturated carbocycles. The topological polar surface area (TPSA) is 58.4 Å². The van der Waals surface area contributed by atoms with E-state index in [2.05, 4.69) is 22.3 Å². The first-order valence-electron chi connectivity index (χ1n) is 7.16. The third kappa shape index (κ3) is 4.06. The van der Waals surface area contributed by atoms with Crippen molar-refractivity contribution in [2.45, 2.75) is 52.0 Å². The lowest BCUT2D eigenvalue weighted by atomic mass is 9.94. The largest absolute Gasteiger partial charge is 0.338 e. The maximum Gasteiger partial charge on any atom is 0.240 e. The van der Waals surface area contributed by atoms with Gasteiger partial charge in [0.15, 0.2) is 0 Å². The summed E-state index contributed by atoms with van der Waals surface area (Å²) in [5.74, 6) is 0.408. The first-order chi connectivity index (χ1) is 9.19. The van der Waals surface area contributed by atoms with Crippen LogP contribution in [0.25, 0.3) is 0 Å². The summed E-state index contributed by atoms with van der Waals surface area (Å²) in [6.45, 7) is 5.29. The molecule has 1 aliphatic rings. The molecule has 0 radical (unpaired) electrons. The summed E-state index contributed by atoms with van der Waals surface area (Å²) in [7, 11) is 0. The maximum absolute atomic E-state index is 12.0. The van der Waals surface area contributed by atoms with Crippen LogP contribution in [0.1, 0.15) is 44.7 Å². The lowest BCUT2D eigenvalue weighted by Crippen LogP contribution is -2.41. The summed E-state index contributed by atoms with van der Waals surface area (Å²) >= 11 is 0. The first-order valence-corrected chi connectivity index (χ1v) is 7.16. The van der Waals surface area contributed by atoms with Crippen LogP contribution in [0.3, 0.4) is 0 Å². The Bertz CT molecular complexity index is 411. The number of carbonyl (C=O) groups is 1. The fourth-order valence-electron chi connectivity index (χ4n) is 2.73. The van der Waals surface area contributed by atoms with E-state index in [-0.39, 0.29) is 5.91 Å². The second-order valence-electron chi connectivity index (χ2n) is 5.24. The number of aryl methyl sites for hydroxylation is 1. The van der Waals surface area contributed by atoms with Gasteiger partial charge in [0.25, 0.3) is 0 Å². The van der Waals surface area contributed by atoms with Gasteiger partial charge >= 0.3 is 0 Å². The van der Waals surface area contributed by atoms with Crippen molar-refractivity contribution in [1.29, 1.82) is 0 Å². The third-order valence-electron chi connectivity index (χ3n) is 3.73. The van der Waals surface area contributed by atoms with Gasteiger partial charge in [-0.2, -0.15) is 0 Å². The van der Waals surface area contributed by atoms with Gasteiger partial charge in [0.05, 0.1) is 12.2 Å². The summed E-state index contributed by atoms with van der Waals surface area (Å²) in [5, 5.41) is 6.51. The van der Waals surface area contributed by atoms with Crippen molar-refractivity contribution >= 4 is 11.8 Å². The van der Waals surface area contributed by atoms with E-state index in [9.17, 15) is 4.79 Å². The van der Waals surface area contributed by atoms with Crippen LogP contribution in [0.15, 0.2) is 10.6 Å². The Morgan fingerprint density at radius 2 is 2.21 bits per heavy atom. The SMILES string of the molecule is CCN(CC(=O)Nc1cc(C)no1)C1CCCCC1. The van der Waals surface area contributed by atoms with Crippen molar-refractivity contribution in [2.75, 3.05) is 18.4 Å². The highest BCUT2D eigenvalue weighted by molar-refractivity contribution is 5.90. The molecule has 0 bridgehead atoms. The van der Waals surface area contributed by atoms with Crippen LogP contribution >= 0.6 is 0 Å². The molecular weight excluding hydrogens is 242 g/mol. The van der Waals surface area contributed by atoms with E-state index in [0.717, 1.165) is 12.2 Å². The number of amides is 1. The predicted octanol–water partition coefficient (Wildman–Crippen LogP) is 2.58. The number of nitrogens with zero attached hydrogens (tertiary/aromatic N) is 2. The highest BCUT2D eigenvalue weighted by Gasteiger charge is 2.22. The van der Waals surface area contributed by atoms with Crippen LogP contribution in [0.2, 0.25) is 0 Å². The molecule has 0 spiro atoms. The van der Waals surface area contributed by atoms with Crippen LogP contribution in [0.4, 0.5) is 5.88 Å². The molecule has 0 aromatic carbocycles. The van der Waals surface area contributed by atoms with E-state index in [1.54, 1.807) is 6.07 Å². The third-order valence-corrected chi connectivity index (χ3v) is 3.73. The van der Waals surface area contributed by atoms with E-state index in [0.29, 0.717) is 18.5 Å². The standard InChI is InChI=1S/C14H23N3O2/c1-3-17(12-7-5-4-6-8-12)10-13(18)15-14-9-11(2)16-19-14/h9,12H,3-8,10H2,1-2H3,(H,15,18). The highest BCUT2D eigenvalue weighted by atomic mass is 16.5. The van der Waals surface area contributed by atoms with Gasteiger partial charge in [-0.1, -0.05) is 31.3 Å². The van der Waals surface area contributed by atoms with Gasteiger partial charge in [-0.25, -0.2) is 0 Å². The number of likely N-dealkylation sites (N-methyl/N-ethyl adjacent to an activating group) is 1. The summed E-state index contributed by atoms with van der Waals surface area (Å²) in [4.78, 5) is 14.3. The molecule has 106 valence electrons. The molecule has 5 nitrogen and oxygen atoms in total. The predicted molar refractivity (Wildman–Crippen MR) is 74.0 cm³/mol. The van der Waals surface area contributed by atoms with Gasteiger partial charge in [-0.05, 0) is 26.3 Å². The zero-order valence-electron chi connectivity index (χ0n) is 11.8. The molecule has 1 aliphatic carbocycles. The van der Waals surface area contributed by atoms with Crippen LogP contribution in [-0.4, -0.2) is 35.1 Å². The van der Waals surface area contributed by atoms with Gasteiger partial charge in [0.2, 0.25) is 11.8 Å². The molecule has 1 heterocycles. The van der Waals surface area contributed by atoms with Crippen molar-refractivity contribution < 1.29 is 9.32 Å². The molecule has 5 heteroatoms. The number of hydrogen-bond acceptors (Lipinski definition) is 4. The van der Waals surface area contributed by atoms with Crippen molar-refractivity contribution in [1.82, 2.24) is 10.1 Å². The number of hydrogen-bond donors (Lipinski definition) is 1. The van der Waals surface area contributed by atoms with Crippen LogP contribution < -0.4 is 5.32 Å². The Morgan fingerprint density at radius 3 is 2.79 bits per heavy atom. The Labute approximate surface area is 114 Å². The lowest BCUT2D eigenvalue weighted by Gasteiger charge is -2.32. The van der Waals surface area contributed by atoms with Crippen LogP contribution in [-0.2, 0) is 4.79 Å². The average Bonchev–Trinajstić information content (AvgIpc) is 2.82. The molecule has 2 rings (SSSR count). The van der Waals surface area contributed by atoms with E-state index >= 15 is 0 Å². The zero-order chi connectivity index (χ0) is 13.7. The Morgan fingerprint density at radius 1 is 1.47 bits per heavy atom.